The van der Waals surface area contributed by atoms with Crippen molar-refractivity contribution in [2.45, 2.75) is 38.5 Å². The summed E-state index contributed by atoms with van der Waals surface area (Å²) in [6, 6.07) is 1.73. The lowest BCUT2D eigenvalue weighted by molar-refractivity contribution is -0.268. The molecule has 0 unspecified atom stereocenters. The van der Waals surface area contributed by atoms with Crippen molar-refractivity contribution in [1.29, 1.82) is 5.26 Å². The first kappa shape index (κ1) is 18.4. The lowest BCUT2D eigenvalue weighted by Crippen LogP contribution is -2.47. The van der Waals surface area contributed by atoms with Crippen molar-refractivity contribution in [3.05, 3.63) is 16.1 Å². The molecular weight excluding hydrogens is 319 g/mol. The number of thiazole rings is 1. The van der Waals surface area contributed by atoms with Gasteiger partial charge in [0.1, 0.15) is 11.6 Å². The summed E-state index contributed by atoms with van der Waals surface area (Å²) in [6.45, 7) is 3.06. The summed E-state index contributed by atoms with van der Waals surface area (Å²) in [4.78, 5) is 16.7. The minimum absolute atomic E-state index is 0.150. The monoisotopic (exact) mass is 335 g/mol. The Labute approximate surface area is 130 Å². The summed E-state index contributed by atoms with van der Waals surface area (Å²) in [6.07, 6.45) is -5.74. The van der Waals surface area contributed by atoms with E-state index in [1.54, 1.807) is 13.0 Å². The van der Waals surface area contributed by atoms with Gasteiger partial charge in [-0.05, 0) is 13.3 Å². The molecule has 0 spiro atoms. The second-order valence-corrected chi connectivity index (χ2v) is 5.66. The van der Waals surface area contributed by atoms with E-state index in [9.17, 15) is 23.1 Å². The number of nitrogens with zero attached hydrogens (tertiary/aromatic N) is 3. The summed E-state index contributed by atoms with van der Waals surface area (Å²) < 4.78 is 39.8. The molecule has 9 heteroatoms. The number of amides is 1. The molecule has 1 aromatic rings. The van der Waals surface area contributed by atoms with Gasteiger partial charge in [0, 0.05) is 17.6 Å². The molecule has 0 radical (unpaired) electrons. The zero-order valence-corrected chi connectivity index (χ0v) is 13.0. The molecule has 0 saturated heterocycles. The van der Waals surface area contributed by atoms with E-state index in [1.165, 1.54) is 12.3 Å². The number of hydrogen-bond donors (Lipinski definition) is 1. The minimum atomic E-state index is -5.04. The van der Waals surface area contributed by atoms with Crippen LogP contribution in [0.1, 0.15) is 30.5 Å². The van der Waals surface area contributed by atoms with Crippen LogP contribution in [0.5, 0.6) is 0 Å². The van der Waals surface area contributed by atoms with Gasteiger partial charge in [0.15, 0.2) is 0 Å². The molecule has 22 heavy (non-hydrogen) atoms. The molecule has 0 saturated carbocycles. The molecule has 0 fully saturated rings. The van der Waals surface area contributed by atoms with Gasteiger partial charge < -0.3 is 10.0 Å². The lowest BCUT2D eigenvalue weighted by atomic mass is 9.98. The van der Waals surface area contributed by atoms with Crippen LogP contribution in [0.4, 0.5) is 13.2 Å². The fraction of sp³-hybridized carbons (Fsp3) is 0.615. The van der Waals surface area contributed by atoms with E-state index in [-0.39, 0.29) is 13.1 Å². The van der Waals surface area contributed by atoms with Crippen molar-refractivity contribution in [2.24, 2.45) is 0 Å². The number of nitriles is 1. The molecule has 0 aliphatic carbocycles. The average Bonchev–Trinajstić information content (AvgIpc) is 2.84. The van der Waals surface area contributed by atoms with Gasteiger partial charge in [0.25, 0.3) is 0 Å². The number of alkyl halides is 3. The van der Waals surface area contributed by atoms with Gasteiger partial charge in [-0.25, -0.2) is 4.98 Å². The van der Waals surface area contributed by atoms with Crippen molar-refractivity contribution in [3.63, 3.8) is 0 Å². The normalized spacial score (nSPS) is 14.2. The number of aryl methyl sites for hydroxylation is 1. The molecular formula is C13H16F3N3O2S. The lowest BCUT2D eigenvalue weighted by Gasteiger charge is -2.30. The molecule has 0 aromatic carbocycles. The third-order valence-corrected chi connectivity index (χ3v) is 4.07. The van der Waals surface area contributed by atoms with Gasteiger partial charge in [-0.1, -0.05) is 6.92 Å². The van der Waals surface area contributed by atoms with Crippen molar-refractivity contribution in [1.82, 2.24) is 9.88 Å². The van der Waals surface area contributed by atoms with E-state index < -0.39 is 29.1 Å². The van der Waals surface area contributed by atoms with E-state index in [1.807, 2.05) is 0 Å². The van der Waals surface area contributed by atoms with Gasteiger partial charge in [-0.15, -0.1) is 11.3 Å². The van der Waals surface area contributed by atoms with Crippen LogP contribution < -0.4 is 0 Å². The standard InChI is InChI=1S/C13H16F3N3O2S/c1-3-5-19(6-4-17)10(20)7-12(21,13(14,15)16)11-18-9(2)8-22-11/h8,21H,3,5-7H2,1-2H3/t12-/m0/s1. The quantitative estimate of drug-likeness (QED) is 0.810. The van der Waals surface area contributed by atoms with E-state index in [4.69, 9.17) is 5.26 Å². The molecule has 0 aliphatic rings. The van der Waals surface area contributed by atoms with Crippen LogP contribution in [0.3, 0.4) is 0 Å². The first-order valence-corrected chi connectivity index (χ1v) is 7.40. The maximum atomic E-state index is 13.3. The Morgan fingerprint density at radius 1 is 1.55 bits per heavy atom. The van der Waals surface area contributed by atoms with Crippen LogP contribution in [0.25, 0.3) is 0 Å². The summed E-state index contributed by atoms with van der Waals surface area (Å²) in [5.74, 6) is -0.934. The van der Waals surface area contributed by atoms with Crippen molar-refractivity contribution in [3.8, 4) is 6.07 Å². The fourth-order valence-electron chi connectivity index (χ4n) is 1.82. The number of aliphatic hydroxyl groups is 1. The average molecular weight is 335 g/mol. The number of aromatic nitrogens is 1. The largest absolute Gasteiger partial charge is 0.424 e. The number of hydrogen-bond acceptors (Lipinski definition) is 5. The van der Waals surface area contributed by atoms with Gasteiger partial charge >= 0.3 is 6.18 Å². The van der Waals surface area contributed by atoms with Crippen molar-refractivity contribution < 1.29 is 23.1 Å². The maximum Gasteiger partial charge on any atom is 0.424 e. The predicted octanol–water partition coefficient (Wildman–Crippen LogP) is 2.35. The number of carbonyl (C=O) groups is 1. The fourth-order valence-corrected chi connectivity index (χ4v) is 2.73. The highest BCUT2D eigenvalue weighted by Gasteiger charge is 2.58. The van der Waals surface area contributed by atoms with E-state index in [0.29, 0.717) is 23.5 Å². The molecule has 0 aliphatic heterocycles. The van der Waals surface area contributed by atoms with E-state index >= 15 is 0 Å². The highest BCUT2D eigenvalue weighted by molar-refractivity contribution is 7.09. The van der Waals surface area contributed by atoms with Crippen LogP contribution in [0.2, 0.25) is 0 Å². The first-order valence-electron chi connectivity index (χ1n) is 6.52. The topological polar surface area (TPSA) is 77.2 Å². The van der Waals surface area contributed by atoms with Crippen LogP contribution >= 0.6 is 11.3 Å². The van der Waals surface area contributed by atoms with Crippen LogP contribution in [-0.4, -0.2) is 40.2 Å². The first-order chi connectivity index (χ1) is 10.2. The Bertz CT molecular complexity index is 568. The summed E-state index contributed by atoms with van der Waals surface area (Å²) in [7, 11) is 0. The summed E-state index contributed by atoms with van der Waals surface area (Å²) in [5.41, 5.74) is -3.01. The van der Waals surface area contributed by atoms with Crippen LogP contribution in [0.15, 0.2) is 5.38 Å². The zero-order valence-electron chi connectivity index (χ0n) is 12.1. The third-order valence-electron chi connectivity index (χ3n) is 2.96. The number of carbonyl (C=O) groups excluding carboxylic acids is 1. The van der Waals surface area contributed by atoms with Crippen LogP contribution in [0, 0.1) is 18.3 Å². The second-order valence-electron chi connectivity index (χ2n) is 4.80. The molecule has 1 N–H and O–H groups in total. The van der Waals surface area contributed by atoms with Crippen molar-refractivity contribution >= 4 is 17.2 Å². The summed E-state index contributed by atoms with van der Waals surface area (Å²) >= 11 is 0.647. The molecule has 1 rings (SSSR count). The Kier molecular flexibility index (Phi) is 5.91. The summed E-state index contributed by atoms with van der Waals surface area (Å²) in [5, 5.41) is 19.5. The highest BCUT2D eigenvalue weighted by Crippen LogP contribution is 2.43. The maximum absolute atomic E-state index is 13.3. The Balaban J connectivity index is 3.10. The van der Waals surface area contributed by atoms with Gasteiger partial charge in [-0.3, -0.25) is 4.79 Å². The van der Waals surface area contributed by atoms with Gasteiger partial charge in [0.05, 0.1) is 12.5 Å². The molecule has 1 amide bonds. The molecule has 1 atom stereocenters. The highest BCUT2D eigenvalue weighted by atomic mass is 32.1. The zero-order chi connectivity index (χ0) is 17.0. The third kappa shape index (κ3) is 3.96. The Hall–Kier alpha value is -1.66. The number of rotatable bonds is 6. The SMILES string of the molecule is CCCN(CC#N)C(=O)C[C@](O)(c1nc(C)cs1)C(F)(F)F. The van der Waals surface area contributed by atoms with Gasteiger partial charge in [0.2, 0.25) is 11.5 Å². The smallest absolute Gasteiger partial charge is 0.374 e. The van der Waals surface area contributed by atoms with E-state index in [2.05, 4.69) is 4.98 Å². The van der Waals surface area contributed by atoms with Crippen molar-refractivity contribution in [2.75, 3.05) is 13.1 Å². The predicted molar refractivity (Wildman–Crippen MR) is 73.9 cm³/mol. The molecule has 1 heterocycles. The van der Waals surface area contributed by atoms with Gasteiger partial charge in [-0.2, -0.15) is 18.4 Å². The number of halogens is 3. The molecule has 122 valence electrons. The van der Waals surface area contributed by atoms with E-state index in [0.717, 1.165) is 4.90 Å². The second kappa shape index (κ2) is 7.07. The Morgan fingerprint density at radius 2 is 2.18 bits per heavy atom. The molecule has 1 aromatic heterocycles. The minimum Gasteiger partial charge on any atom is -0.374 e. The molecule has 5 nitrogen and oxygen atoms in total. The molecule has 0 bridgehead atoms. The Morgan fingerprint density at radius 3 is 2.59 bits per heavy atom. The van der Waals surface area contributed by atoms with Crippen LogP contribution in [-0.2, 0) is 10.4 Å².